The van der Waals surface area contributed by atoms with Crippen LogP contribution in [0.2, 0.25) is 0 Å². The second-order valence-electron chi connectivity index (χ2n) is 6.79. The van der Waals surface area contributed by atoms with Crippen molar-refractivity contribution in [3.63, 3.8) is 0 Å². The zero-order valence-corrected chi connectivity index (χ0v) is 17.0. The number of amides is 1. The molecule has 0 radical (unpaired) electrons. The monoisotopic (exact) mass is 422 g/mol. The summed E-state index contributed by atoms with van der Waals surface area (Å²) in [7, 11) is -3.59. The van der Waals surface area contributed by atoms with Crippen molar-refractivity contribution in [2.75, 3.05) is 32.8 Å². The molecule has 7 nitrogen and oxygen atoms in total. The van der Waals surface area contributed by atoms with Crippen LogP contribution in [0.4, 0.5) is 0 Å². The summed E-state index contributed by atoms with van der Waals surface area (Å²) in [5.41, 5.74) is -0.861. The molecule has 150 valence electrons. The smallest absolute Gasteiger partial charge is 0.260 e. The summed E-state index contributed by atoms with van der Waals surface area (Å²) in [5, 5.41) is 1.75. The molecule has 4 rings (SSSR count). The molecule has 0 N–H and O–H groups in total. The van der Waals surface area contributed by atoms with Gasteiger partial charge in [0.15, 0.2) is 6.61 Å². The van der Waals surface area contributed by atoms with Crippen LogP contribution in [0.3, 0.4) is 0 Å². The molecule has 2 aliphatic rings. The molecule has 2 saturated heterocycles. The molecule has 0 unspecified atom stereocenters. The number of likely N-dealkylation sites (tertiary alicyclic amines) is 1. The van der Waals surface area contributed by atoms with Gasteiger partial charge < -0.3 is 14.4 Å². The maximum absolute atomic E-state index is 13.0. The number of thiophene rings is 1. The molecule has 2 aliphatic heterocycles. The number of hydrogen-bond acceptors (Lipinski definition) is 6. The Hall–Kier alpha value is -1.94. The Morgan fingerprint density at radius 1 is 1.11 bits per heavy atom. The fourth-order valence-electron chi connectivity index (χ4n) is 3.70. The Bertz CT molecular complexity index is 907. The van der Waals surface area contributed by atoms with Crippen LogP contribution >= 0.6 is 11.3 Å². The lowest BCUT2D eigenvalue weighted by Gasteiger charge is -2.42. The molecule has 0 atom stereocenters. The van der Waals surface area contributed by atoms with Crippen LogP contribution in [0.1, 0.15) is 12.8 Å². The summed E-state index contributed by atoms with van der Waals surface area (Å²) in [6, 6.07) is 12.5. The molecule has 3 heterocycles. The Kier molecular flexibility index (Phi) is 5.42. The zero-order valence-electron chi connectivity index (χ0n) is 15.3. The van der Waals surface area contributed by atoms with Crippen molar-refractivity contribution in [3.05, 3.63) is 47.8 Å². The van der Waals surface area contributed by atoms with Crippen molar-refractivity contribution in [2.45, 2.75) is 22.8 Å². The summed E-state index contributed by atoms with van der Waals surface area (Å²) >= 11 is 1.21. The normalized spacial score (nSPS) is 19.8. The minimum absolute atomic E-state index is 0.0327. The van der Waals surface area contributed by atoms with Crippen molar-refractivity contribution in [2.24, 2.45) is 0 Å². The van der Waals surface area contributed by atoms with Gasteiger partial charge in [0.05, 0.1) is 6.61 Å². The molecule has 9 heteroatoms. The van der Waals surface area contributed by atoms with Gasteiger partial charge >= 0.3 is 0 Å². The summed E-state index contributed by atoms with van der Waals surface area (Å²) in [4.78, 5) is 14.2. The number of hydrogen-bond donors (Lipinski definition) is 0. The number of nitrogens with zero attached hydrogens (tertiary/aromatic N) is 2. The van der Waals surface area contributed by atoms with Crippen molar-refractivity contribution >= 4 is 27.3 Å². The average molecular weight is 423 g/mol. The number of sulfonamides is 1. The van der Waals surface area contributed by atoms with E-state index in [9.17, 15) is 13.2 Å². The van der Waals surface area contributed by atoms with Gasteiger partial charge in [0, 0.05) is 32.5 Å². The predicted molar refractivity (Wildman–Crippen MR) is 105 cm³/mol. The standard InChI is InChI=1S/C19H22N2O5S2/c22-17(15-25-16-5-2-1-3-6-16)20-10-8-19(9-11-20)21(12-13-26-19)28(23,24)18-7-4-14-27-18/h1-7,14H,8-13,15H2. The first kappa shape index (κ1) is 19.4. The van der Waals surface area contributed by atoms with Crippen molar-refractivity contribution in [1.29, 1.82) is 0 Å². The number of piperidine rings is 1. The Morgan fingerprint density at radius 2 is 1.86 bits per heavy atom. The molecule has 1 amide bonds. The van der Waals surface area contributed by atoms with E-state index in [2.05, 4.69) is 0 Å². The maximum Gasteiger partial charge on any atom is 0.260 e. The van der Waals surface area contributed by atoms with Crippen LogP contribution in [-0.4, -0.2) is 62.1 Å². The van der Waals surface area contributed by atoms with Crippen LogP contribution in [-0.2, 0) is 19.6 Å². The van der Waals surface area contributed by atoms with Crippen molar-refractivity contribution < 1.29 is 22.7 Å². The number of rotatable bonds is 5. The Balaban J connectivity index is 1.39. The van der Waals surface area contributed by atoms with Gasteiger partial charge in [-0.05, 0) is 23.6 Å². The number of carbonyl (C=O) groups is 1. The third-order valence-electron chi connectivity index (χ3n) is 5.16. The SMILES string of the molecule is O=C(COc1ccccc1)N1CCC2(CC1)OCCN2S(=O)(=O)c1cccs1. The van der Waals surface area contributed by atoms with Gasteiger partial charge in [-0.25, -0.2) is 8.42 Å². The van der Waals surface area contributed by atoms with Crippen LogP contribution in [0, 0.1) is 0 Å². The second kappa shape index (κ2) is 7.82. The number of para-hydroxylation sites is 1. The highest BCUT2D eigenvalue weighted by molar-refractivity contribution is 7.91. The van der Waals surface area contributed by atoms with E-state index in [1.165, 1.54) is 15.6 Å². The first-order chi connectivity index (χ1) is 13.5. The fourth-order valence-corrected chi connectivity index (χ4v) is 6.53. The maximum atomic E-state index is 13.0. The van der Waals surface area contributed by atoms with E-state index in [4.69, 9.17) is 9.47 Å². The number of carbonyl (C=O) groups excluding carboxylic acids is 1. The van der Waals surface area contributed by atoms with Crippen molar-refractivity contribution in [1.82, 2.24) is 9.21 Å². The van der Waals surface area contributed by atoms with Gasteiger partial charge in [-0.1, -0.05) is 24.3 Å². The summed E-state index contributed by atoms with van der Waals surface area (Å²) in [6.45, 7) is 1.55. The first-order valence-electron chi connectivity index (χ1n) is 9.17. The van der Waals surface area contributed by atoms with Crippen molar-refractivity contribution in [3.8, 4) is 5.75 Å². The van der Waals surface area contributed by atoms with E-state index in [0.717, 1.165) is 0 Å². The molecule has 2 fully saturated rings. The largest absolute Gasteiger partial charge is 0.484 e. The molecule has 0 saturated carbocycles. The molecule has 1 aromatic carbocycles. The van der Waals surface area contributed by atoms with Crippen LogP contribution in [0.25, 0.3) is 0 Å². The topological polar surface area (TPSA) is 76.2 Å². The lowest BCUT2D eigenvalue weighted by atomic mass is 10.0. The third kappa shape index (κ3) is 3.67. The fraction of sp³-hybridized carbons (Fsp3) is 0.421. The summed E-state index contributed by atoms with van der Waals surface area (Å²) < 4.78 is 39.3. The molecular weight excluding hydrogens is 400 g/mol. The molecule has 0 bridgehead atoms. The first-order valence-corrected chi connectivity index (χ1v) is 11.5. The van der Waals surface area contributed by atoms with E-state index in [0.29, 0.717) is 49.0 Å². The van der Waals surface area contributed by atoms with Gasteiger partial charge in [-0.3, -0.25) is 4.79 Å². The van der Waals surface area contributed by atoms with Gasteiger partial charge in [-0.2, -0.15) is 4.31 Å². The molecule has 2 aromatic rings. The van der Waals surface area contributed by atoms with Crippen LogP contribution in [0.15, 0.2) is 52.1 Å². The highest BCUT2D eigenvalue weighted by Crippen LogP contribution is 2.39. The predicted octanol–water partition coefficient (Wildman–Crippen LogP) is 2.17. The van der Waals surface area contributed by atoms with E-state index in [1.54, 1.807) is 34.5 Å². The van der Waals surface area contributed by atoms with Crippen LogP contribution < -0.4 is 4.74 Å². The van der Waals surface area contributed by atoms with Crippen LogP contribution in [0.5, 0.6) is 5.75 Å². The zero-order chi connectivity index (χ0) is 19.6. The summed E-state index contributed by atoms with van der Waals surface area (Å²) in [6.07, 6.45) is 0.906. The summed E-state index contributed by atoms with van der Waals surface area (Å²) in [5.74, 6) is 0.543. The molecule has 0 aliphatic carbocycles. The number of ether oxygens (including phenoxy) is 2. The Morgan fingerprint density at radius 3 is 2.54 bits per heavy atom. The molecule has 1 aromatic heterocycles. The molecular formula is C19H22N2O5S2. The van der Waals surface area contributed by atoms with Gasteiger partial charge in [0.1, 0.15) is 15.7 Å². The van der Waals surface area contributed by atoms with E-state index in [1.807, 2.05) is 18.2 Å². The lowest BCUT2D eigenvalue weighted by Crippen LogP contribution is -2.56. The highest BCUT2D eigenvalue weighted by atomic mass is 32.2. The molecule has 1 spiro atoms. The number of benzene rings is 1. The lowest BCUT2D eigenvalue weighted by molar-refractivity contribution is -0.142. The third-order valence-corrected chi connectivity index (χ3v) is 8.48. The Labute approximate surface area is 168 Å². The minimum atomic E-state index is -3.59. The quantitative estimate of drug-likeness (QED) is 0.738. The van der Waals surface area contributed by atoms with E-state index in [-0.39, 0.29) is 12.5 Å². The minimum Gasteiger partial charge on any atom is -0.484 e. The van der Waals surface area contributed by atoms with E-state index >= 15 is 0 Å². The molecule has 28 heavy (non-hydrogen) atoms. The second-order valence-corrected chi connectivity index (χ2v) is 9.82. The average Bonchev–Trinajstić information content (AvgIpc) is 3.39. The van der Waals surface area contributed by atoms with Gasteiger partial charge in [-0.15, -0.1) is 11.3 Å². The van der Waals surface area contributed by atoms with E-state index < -0.39 is 15.7 Å². The van der Waals surface area contributed by atoms with Gasteiger partial charge in [0.25, 0.3) is 15.9 Å². The highest BCUT2D eigenvalue weighted by Gasteiger charge is 2.51. The van der Waals surface area contributed by atoms with Gasteiger partial charge in [0.2, 0.25) is 0 Å².